The molecule has 0 bridgehead atoms. The number of carbonyl (C=O) groups excluding carboxylic acids is 1. The molecule has 0 atom stereocenters. The number of nitrogens with one attached hydrogen (secondary N) is 1. The molecule has 1 heterocycles. The van der Waals surface area contributed by atoms with Crippen LogP contribution in [0.4, 0.5) is 17.1 Å². The van der Waals surface area contributed by atoms with Crippen LogP contribution in [0.1, 0.15) is 0 Å². The van der Waals surface area contributed by atoms with Gasteiger partial charge in [-0.3, -0.25) is 14.9 Å². The van der Waals surface area contributed by atoms with E-state index in [4.69, 9.17) is 0 Å². The monoisotopic (exact) mass is 377 g/mol. The van der Waals surface area contributed by atoms with Gasteiger partial charge in [-0.25, -0.2) is 0 Å². The van der Waals surface area contributed by atoms with Gasteiger partial charge in [-0.2, -0.15) is 5.26 Å². The Hall–Kier alpha value is -3.86. The van der Waals surface area contributed by atoms with Crippen molar-refractivity contribution in [2.24, 2.45) is 0 Å². The van der Waals surface area contributed by atoms with Crippen LogP contribution in [0.3, 0.4) is 0 Å². The maximum Gasteiger partial charge on any atom is 0.271 e. The zero-order chi connectivity index (χ0) is 19.9. The molecule has 8 nitrogen and oxygen atoms in total. The Morgan fingerprint density at radius 3 is 2.46 bits per heavy atom. The summed E-state index contributed by atoms with van der Waals surface area (Å²) in [6.45, 7) is 2.94. The Morgan fingerprint density at radius 1 is 1.11 bits per heavy atom. The molecule has 142 valence electrons. The Labute approximate surface area is 162 Å². The number of rotatable bonds is 5. The third-order valence-corrected chi connectivity index (χ3v) is 4.43. The Bertz CT molecular complexity index is 928. The zero-order valence-corrected chi connectivity index (χ0v) is 15.1. The van der Waals surface area contributed by atoms with E-state index in [1.807, 2.05) is 29.2 Å². The number of carbonyl (C=O) groups is 1. The normalized spacial score (nSPS) is 14.3. The van der Waals surface area contributed by atoms with Crippen LogP contribution in [0.5, 0.6) is 0 Å². The molecule has 2 aromatic rings. The number of amides is 1. The lowest BCUT2D eigenvalue weighted by atomic mass is 10.2. The summed E-state index contributed by atoms with van der Waals surface area (Å²) in [5, 5.41) is 22.7. The second kappa shape index (κ2) is 8.68. The molecular weight excluding hydrogens is 358 g/mol. The average Bonchev–Trinajstić information content (AvgIpc) is 2.73. The number of para-hydroxylation sites is 1. The van der Waals surface area contributed by atoms with Crippen LogP contribution < -0.4 is 10.2 Å². The molecule has 1 amide bonds. The highest BCUT2D eigenvalue weighted by molar-refractivity contribution is 6.06. The smallest absolute Gasteiger partial charge is 0.271 e. The van der Waals surface area contributed by atoms with Gasteiger partial charge >= 0.3 is 0 Å². The molecule has 2 aromatic carbocycles. The highest BCUT2D eigenvalue weighted by Crippen LogP contribution is 2.18. The number of piperazine rings is 1. The summed E-state index contributed by atoms with van der Waals surface area (Å²) in [5.41, 5.74) is 1.25. The van der Waals surface area contributed by atoms with E-state index < -0.39 is 10.8 Å². The summed E-state index contributed by atoms with van der Waals surface area (Å²) < 4.78 is 0. The van der Waals surface area contributed by atoms with E-state index in [-0.39, 0.29) is 16.9 Å². The summed E-state index contributed by atoms with van der Waals surface area (Å²) >= 11 is 0. The summed E-state index contributed by atoms with van der Waals surface area (Å²) in [7, 11) is 0. The Kier molecular flexibility index (Phi) is 5.87. The van der Waals surface area contributed by atoms with Crippen LogP contribution in [-0.4, -0.2) is 41.9 Å². The first-order valence-electron chi connectivity index (χ1n) is 8.78. The van der Waals surface area contributed by atoms with Gasteiger partial charge in [0.25, 0.3) is 11.6 Å². The molecule has 1 aliphatic heterocycles. The second-order valence-corrected chi connectivity index (χ2v) is 6.27. The molecule has 1 saturated heterocycles. The fourth-order valence-corrected chi connectivity index (χ4v) is 2.96. The predicted octanol–water partition coefficient (Wildman–Crippen LogP) is 2.76. The van der Waals surface area contributed by atoms with E-state index >= 15 is 0 Å². The Balaban J connectivity index is 1.62. The number of nitriles is 1. The van der Waals surface area contributed by atoms with Crippen molar-refractivity contribution >= 4 is 23.0 Å². The van der Waals surface area contributed by atoms with Gasteiger partial charge in [0.05, 0.1) is 4.92 Å². The number of anilines is 2. The van der Waals surface area contributed by atoms with E-state index in [9.17, 15) is 20.2 Å². The molecule has 0 unspecified atom stereocenters. The number of nitro benzene ring substituents is 1. The van der Waals surface area contributed by atoms with Crippen molar-refractivity contribution in [3.8, 4) is 6.07 Å². The van der Waals surface area contributed by atoms with Crippen LogP contribution >= 0.6 is 0 Å². The third-order valence-electron chi connectivity index (χ3n) is 4.43. The number of hydrogen-bond donors (Lipinski definition) is 1. The molecule has 0 aromatic heterocycles. The maximum atomic E-state index is 12.4. The first-order chi connectivity index (χ1) is 13.6. The SMILES string of the molecule is N#C/C(=C/N1CCN(c2ccccc2)CC1)C(=O)Nc1cccc([N+](=O)[O-])c1. The van der Waals surface area contributed by atoms with Crippen molar-refractivity contribution in [3.05, 3.63) is 76.5 Å². The number of nitro groups is 1. The lowest BCUT2D eigenvalue weighted by molar-refractivity contribution is -0.384. The van der Waals surface area contributed by atoms with Gasteiger partial charge in [0.1, 0.15) is 11.6 Å². The highest BCUT2D eigenvalue weighted by Gasteiger charge is 2.18. The molecule has 28 heavy (non-hydrogen) atoms. The predicted molar refractivity (Wildman–Crippen MR) is 106 cm³/mol. The van der Waals surface area contributed by atoms with Gasteiger partial charge in [0, 0.05) is 55.9 Å². The second-order valence-electron chi connectivity index (χ2n) is 6.27. The summed E-state index contributed by atoms with van der Waals surface area (Å²) in [6.07, 6.45) is 1.55. The van der Waals surface area contributed by atoms with Gasteiger partial charge in [0.15, 0.2) is 0 Å². The minimum Gasteiger partial charge on any atom is -0.373 e. The standard InChI is InChI=1S/C20H19N5O3/c21-14-16(20(26)22-17-5-4-8-19(13-17)25(27)28)15-23-9-11-24(12-10-23)18-6-2-1-3-7-18/h1-8,13,15H,9-12H2,(H,22,26)/b16-15-. The summed E-state index contributed by atoms with van der Waals surface area (Å²) in [5.74, 6) is -0.589. The molecule has 3 rings (SSSR count). The van der Waals surface area contributed by atoms with Crippen molar-refractivity contribution in [2.45, 2.75) is 0 Å². The molecule has 1 fully saturated rings. The minimum absolute atomic E-state index is 0.0420. The zero-order valence-electron chi connectivity index (χ0n) is 15.1. The maximum absolute atomic E-state index is 12.4. The van der Waals surface area contributed by atoms with Crippen molar-refractivity contribution in [2.75, 3.05) is 36.4 Å². The van der Waals surface area contributed by atoms with Crippen molar-refractivity contribution < 1.29 is 9.72 Å². The summed E-state index contributed by atoms with van der Waals surface area (Å²) in [6, 6.07) is 17.6. The van der Waals surface area contributed by atoms with Crippen molar-refractivity contribution in [1.82, 2.24) is 4.90 Å². The van der Waals surface area contributed by atoms with Crippen LogP contribution in [-0.2, 0) is 4.79 Å². The van der Waals surface area contributed by atoms with Crippen LogP contribution in [0.2, 0.25) is 0 Å². The fourth-order valence-electron chi connectivity index (χ4n) is 2.96. The molecular formula is C20H19N5O3. The largest absolute Gasteiger partial charge is 0.373 e. The van der Waals surface area contributed by atoms with Crippen molar-refractivity contribution in [3.63, 3.8) is 0 Å². The first kappa shape index (κ1) is 18.9. The lowest BCUT2D eigenvalue weighted by Gasteiger charge is -2.35. The molecule has 0 saturated carbocycles. The average molecular weight is 377 g/mol. The van der Waals surface area contributed by atoms with Crippen LogP contribution in [0.25, 0.3) is 0 Å². The molecule has 1 N–H and O–H groups in total. The number of nitrogens with zero attached hydrogens (tertiary/aromatic N) is 4. The van der Waals surface area contributed by atoms with E-state index in [2.05, 4.69) is 22.3 Å². The molecule has 0 spiro atoms. The Morgan fingerprint density at radius 2 is 1.82 bits per heavy atom. The highest BCUT2D eigenvalue weighted by atomic mass is 16.6. The van der Waals surface area contributed by atoms with Crippen LogP contribution in [0, 0.1) is 21.4 Å². The molecule has 0 aliphatic carbocycles. The molecule has 1 aliphatic rings. The topological polar surface area (TPSA) is 103 Å². The quantitative estimate of drug-likeness (QED) is 0.372. The van der Waals surface area contributed by atoms with Gasteiger partial charge in [-0.15, -0.1) is 0 Å². The van der Waals surface area contributed by atoms with Crippen LogP contribution in [0.15, 0.2) is 66.4 Å². The van der Waals surface area contributed by atoms with Crippen molar-refractivity contribution in [1.29, 1.82) is 5.26 Å². The van der Waals surface area contributed by atoms with E-state index in [0.29, 0.717) is 13.1 Å². The van der Waals surface area contributed by atoms with Gasteiger partial charge < -0.3 is 15.1 Å². The number of non-ortho nitro benzene ring substituents is 1. The summed E-state index contributed by atoms with van der Waals surface area (Å²) in [4.78, 5) is 26.9. The lowest BCUT2D eigenvalue weighted by Crippen LogP contribution is -2.44. The van der Waals surface area contributed by atoms with Gasteiger partial charge in [-0.1, -0.05) is 24.3 Å². The van der Waals surface area contributed by atoms with E-state index in [1.54, 1.807) is 12.3 Å². The fraction of sp³-hybridized carbons (Fsp3) is 0.200. The first-order valence-corrected chi connectivity index (χ1v) is 8.78. The molecule has 8 heteroatoms. The molecule has 0 radical (unpaired) electrons. The minimum atomic E-state index is -0.589. The third kappa shape index (κ3) is 4.65. The number of hydrogen-bond acceptors (Lipinski definition) is 6. The van der Waals surface area contributed by atoms with E-state index in [0.717, 1.165) is 18.8 Å². The van der Waals surface area contributed by atoms with Gasteiger partial charge in [0.2, 0.25) is 0 Å². The number of benzene rings is 2. The van der Waals surface area contributed by atoms with E-state index in [1.165, 1.54) is 18.2 Å². The van der Waals surface area contributed by atoms with Gasteiger partial charge in [-0.05, 0) is 18.2 Å².